The summed E-state index contributed by atoms with van der Waals surface area (Å²) in [6.07, 6.45) is 1.98. The van der Waals surface area contributed by atoms with Gasteiger partial charge in [0.15, 0.2) is 0 Å². The Bertz CT molecular complexity index is 555. The standard InChI is InChI=1S/C15H24N4S/c1-5-7-11-13(16)14(19(4)18-11)17-10-15(2,3)12-8-6-9-20-12/h6,8-9,17H,5,7,10,16H2,1-4H3. The van der Waals surface area contributed by atoms with E-state index in [1.54, 1.807) is 11.3 Å². The summed E-state index contributed by atoms with van der Waals surface area (Å²) in [7, 11) is 1.94. The van der Waals surface area contributed by atoms with Gasteiger partial charge >= 0.3 is 0 Å². The predicted molar refractivity (Wildman–Crippen MR) is 87.5 cm³/mol. The molecule has 0 bridgehead atoms. The van der Waals surface area contributed by atoms with Gasteiger partial charge in [0.1, 0.15) is 5.82 Å². The van der Waals surface area contributed by atoms with Crippen molar-refractivity contribution < 1.29 is 0 Å². The average molecular weight is 292 g/mol. The van der Waals surface area contributed by atoms with Crippen molar-refractivity contribution >= 4 is 22.8 Å². The van der Waals surface area contributed by atoms with Gasteiger partial charge in [-0.25, -0.2) is 0 Å². The quantitative estimate of drug-likeness (QED) is 0.858. The van der Waals surface area contributed by atoms with Crippen molar-refractivity contribution in [3.8, 4) is 0 Å². The fraction of sp³-hybridized carbons (Fsp3) is 0.533. The molecule has 2 aromatic rings. The minimum Gasteiger partial charge on any atom is -0.394 e. The van der Waals surface area contributed by atoms with Crippen molar-refractivity contribution in [2.75, 3.05) is 17.6 Å². The number of aromatic nitrogens is 2. The summed E-state index contributed by atoms with van der Waals surface area (Å²) in [4.78, 5) is 1.37. The molecule has 0 unspecified atom stereocenters. The first kappa shape index (κ1) is 14.9. The van der Waals surface area contributed by atoms with Crippen molar-refractivity contribution in [1.82, 2.24) is 9.78 Å². The highest BCUT2D eigenvalue weighted by atomic mass is 32.1. The number of nitrogens with two attached hydrogens (primary N) is 1. The molecule has 0 spiro atoms. The molecule has 0 saturated carbocycles. The Balaban J connectivity index is 2.11. The van der Waals surface area contributed by atoms with E-state index in [2.05, 4.69) is 48.7 Å². The van der Waals surface area contributed by atoms with E-state index in [0.717, 1.165) is 36.6 Å². The second-order valence-corrected chi connectivity index (χ2v) is 6.75. The molecule has 110 valence electrons. The minimum absolute atomic E-state index is 0.0792. The van der Waals surface area contributed by atoms with Gasteiger partial charge in [-0.05, 0) is 17.9 Å². The molecule has 3 N–H and O–H groups in total. The highest BCUT2D eigenvalue weighted by Crippen LogP contribution is 2.29. The van der Waals surface area contributed by atoms with Crippen molar-refractivity contribution in [3.05, 3.63) is 28.1 Å². The normalized spacial score (nSPS) is 11.8. The maximum Gasteiger partial charge on any atom is 0.147 e. The second-order valence-electron chi connectivity index (χ2n) is 5.80. The van der Waals surface area contributed by atoms with Crippen LogP contribution in [-0.4, -0.2) is 16.3 Å². The third-order valence-electron chi connectivity index (χ3n) is 3.53. The van der Waals surface area contributed by atoms with E-state index in [1.165, 1.54) is 4.88 Å². The molecule has 0 aromatic carbocycles. The molecular formula is C15H24N4S. The number of hydrogen-bond donors (Lipinski definition) is 2. The number of anilines is 2. The minimum atomic E-state index is 0.0792. The van der Waals surface area contributed by atoms with E-state index in [0.29, 0.717) is 0 Å². The number of aryl methyl sites for hydroxylation is 2. The molecule has 5 heteroatoms. The summed E-state index contributed by atoms with van der Waals surface area (Å²) in [5.41, 5.74) is 8.05. The third-order valence-corrected chi connectivity index (χ3v) is 4.77. The number of hydrogen-bond acceptors (Lipinski definition) is 4. The largest absolute Gasteiger partial charge is 0.394 e. The van der Waals surface area contributed by atoms with Crippen LogP contribution in [0, 0.1) is 0 Å². The molecule has 0 amide bonds. The van der Waals surface area contributed by atoms with Crippen LogP contribution >= 0.6 is 11.3 Å². The molecule has 0 saturated heterocycles. The Kier molecular flexibility index (Phi) is 4.38. The first-order valence-corrected chi connectivity index (χ1v) is 7.93. The zero-order valence-corrected chi connectivity index (χ0v) is 13.5. The maximum absolute atomic E-state index is 6.20. The van der Waals surface area contributed by atoms with Gasteiger partial charge < -0.3 is 11.1 Å². The lowest BCUT2D eigenvalue weighted by molar-refractivity contribution is 0.565. The SMILES string of the molecule is CCCc1nn(C)c(NCC(C)(C)c2cccs2)c1N. The Morgan fingerprint density at radius 1 is 1.45 bits per heavy atom. The smallest absolute Gasteiger partial charge is 0.147 e. The van der Waals surface area contributed by atoms with E-state index in [1.807, 2.05) is 11.7 Å². The van der Waals surface area contributed by atoms with Crippen LogP contribution < -0.4 is 11.1 Å². The van der Waals surface area contributed by atoms with Crippen LogP contribution in [0.1, 0.15) is 37.8 Å². The molecule has 0 radical (unpaired) electrons. The van der Waals surface area contributed by atoms with Crippen LogP contribution in [0.2, 0.25) is 0 Å². The molecule has 2 rings (SSSR count). The third kappa shape index (κ3) is 2.98. The first-order chi connectivity index (χ1) is 9.45. The fourth-order valence-electron chi connectivity index (χ4n) is 2.28. The van der Waals surface area contributed by atoms with Crippen molar-refractivity contribution in [3.63, 3.8) is 0 Å². The van der Waals surface area contributed by atoms with E-state index in [4.69, 9.17) is 5.73 Å². The van der Waals surface area contributed by atoms with Gasteiger partial charge in [0.2, 0.25) is 0 Å². The van der Waals surface area contributed by atoms with Crippen molar-refractivity contribution in [2.24, 2.45) is 7.05 Å². The van der Waals surface area contributed by atoms with Gasteiger partial charge in [0.05, 0.1) is 11.4 Å². The molecule has 20 heavy (non-hydrogen) atoms. The summed E-state index contributed by atoms with van der Waals surface area (Å²) in [5, 5.41) is 10.1. The van der Waals surface area contributed by atoms with Gasteiger partial charge in [-0.3, -0.25) is 4.68 Å². The van der Waals surface area contributed by atoms with E-state index in [9.17, 15) is 0 Å². The summed E-state index contributed by atoms with van der Waals surface area (Å²) >= 11 is 1.79. The van der Waals surface area contributed by atoms with Gasteiger partial charge in [-0.15, -0.1) is 11.3 Å². The van der Waals surface area contributed by atoms with Crippen LogP contribution in [0.4, 0.5) is 11.5 Å². The Morgan fingerprint density at radius 3 is 2.80 bits per heavy atom. The Hall–Kier alpha value is -1.49. The highest BCUT2D eigenvalue weighted by Gasteiger charge is 2.23. The molecule has 0 aliphatic rings. The maximum atomic E-state index is 6.20. The topological polar surface area (TPSA) is 55.9 Å². The average Bonchev–Trinajstić information content (AvgIpc) is 2.99. The lowest BCUT2D eigenvalue weighted by Crippen LogP contribution is -2.27. The zero-order chi connectivity index (χ0) is 14.8. The van der Waals surface area contributed by atoms with Gasteiger partial charge in [0, 0.05) is 23.9 Å². The molecule has 2 heterocycles. The van der Waals surface area contributed by atoms with Gasteiger partial charge in [-0.1, -0.05) is 33.3 Å². The molecule has 0 fully saturated rings. The zero-order valence-electron chi connectivity index (χ0n) is 12.7. The Morgan fingerprint density at radius 2 is 2.20 bits per heavy atom. The lowest BCUT2D eigenvalue weighted by atomic mass is 9.91. The van der Waals surface area contributed by atoms with E-state index in [-0.39, 0.29) is 5.41 Å². The van der Waals surface area contributed by atoms with Crippen LogP contribution in [0.5, 0.6) is 0 Å². The van der Waals surface area contributed by atoms with Crippen LogP contribution in [0.3, 0.4) is 0 Å². The summed E-state index contributed by atoms with van der Waals surface area (Å²) in [6.45, 7) is 7.46. The summed E-state index contributed by atoms with van der Waals surface area (Å²) < 4.78 is 1.85. The number of nitrogen functional groups attached to an aromatic ring is 1. The van der Waals surface area contributed by atoms with E-state index >= 15 is 0 Å². The number of rotatable bonds is 6. The number of thiophene rings is 1. The number of nitrogens with zero attached hydrogens (tertiary/aromatic N) is 2. The highest BCUT2D eigenvalue weighted by molar-refractivity contribution is 7.10. The predicted octanol–water partition coefficient (Wildman–Crippen LogP) is 3.41. The van der Waals surface area contributed by atoms with Gasteiger partial charge in [-0.2, -0.15) is 5.10 Å². The van der Waals surface area contributed by atoms with Crippen LogP contribution in [0.15, 0.2) is 17.5 Å². The van der Waals surface area contributed by atoms with Gasteiger partial charge in [0.25, 0.3) is 0 Å². The second kappa shape index (κ2) is 5.87. The molecule has 4 nitrogen and oxygen atoms in total. The molecule has 0 atom stereocenters. The molecule has 0 aliphatic heterocycles. The fourth-order valence-corrected chi connectivity index (χ4v) is 3.13. The lowest BCUT2D eigenvalue weighted by Gasteiger charge is -2.24. The molecule has 2 aromatic heterocycles. The van der Waals surface area contributed by atoms with Crippen LogP contribution in [0.25, 0.3) is 0 Å². The van der Waals surface area contributed by atoms with E-state index < -0.39 is 0 Å². The van der Waals surface area contributed by atoms with Crippen molar-refractivity contribution in [1.29, 1.82) is 0 Å². The summed E-state index contributed by atoms with van der Waals surface area (Å²) in [6, 6.07) is 4.28. The molecule has 0 aliphatic carbocycles. The van der Waals surface area contributed by atoms with Crippen molar-refractivity contribution in [2.45, 2.75) is 39.0 Å². The van der Waals surface area contributed by atoms with Crippen LogP contribution in [-0.2, 0) is 18.9 Å². The summed E-state index contributed by atoms with van der Waals surface area (Å²) in [5.74, 6) is 0.929. The Labute approximate surface area is 125 Å². The number of nitrogens with one attached hydrogen (secondary N) is 1. The first-order valence-electron chi connectivity index (χ1n) is 7.05. The molecular weight excluding hydrogens is 268 g/mol. The monoisotopic (exact) mass is 292 g/mol.